The minimum Gasteiger partial charge on any atom is -0.355 e. The maximum atomic E-state index is 11.8. The summed E-state index contributed by atoms with van der Waals surface area (Å²) >= 11 is 1.65. The first-order valence-electron chi connectivity index (χ1n) is 6.11. The normalized spacial score (nSPS) is 23.9. The van der Waals surface area contributed by atoms with E-state index in [1.165, 1.54) is 0 Å². The summed E-state index contributed by atoms with van der Waals surface area (Å²) < 4.78 is 0. The maximum Gasteiger partial charge on any atom is 0.224 e. The van der Waals surface area contributed by atoms with Gasteiger partial charge in [0.2, 0.25) is 5.91 Å². The van der Waals surface area contributed by atoms with Gasteiger partial charge in [0.15, 0.2) is 0 Å². The summed E-state index contributed by atoms with van der Waals surface area (Å²) in [6.07, 6.45) is 3.79. The highest BCUT2D eigenvalue weighted by atomic mass is 32.1. The second-order valence-electron chi connectivity index (χ2n) is 4.60. The van der Waals surface area contributed by atoms with Crippen LogP contribution in [-0.4, -0.2) is 23.5 Å². The van der Waals surface area contributed by atoms with Gasteiger partial charge < -0.3 is 11.1 Å². The Morgan fingerprint density at radius 2 is 2.47 bits per heavy atom. The highest BCUT2D eigenvalue weighted by molar-refractivity contribution is 7.09. The fourth-order valence-electron chi connectivity index (χ4n) is 2.28. The lowest BCUT2D eigenvalue weighted by atomic mass is 10.0. The number of nitrogens with zero attached hydrogens (tertiary/aromatic N) is 1. The van der Waals surface area contributed by atoms with Crippen LogP contribution in [0.3, 0.4) is 0 Å². The molecule has 0 saturated heterocycles. The first-order chi connectivity index (χ1) is 8.16. The minimum absolute atomic E-state index is 0.0205. The summed E-state index contributed by atoms with van der Waals surface area (Å²) in [6, 6.07) is 0.0523. The smallest absolute Gasteiger partial charge is 0.224 e. The summed E-state index contributed by atoms with van der Waals surface area (Å²) in [4.78, 5) is 16.2. The van der Waals surface area contributed by atoms with Gasteiger partial charge in [0.05, 0.1) is 16.6 Å². The quantitative estimate of drug-likeness (QED) is 0.848. The zero-order chi connectivity index (χ0) is 12.3. The number of rotatable bonds is 4. The zero-order valence-corrected chi connectivity index (χ0v) is 10.9. The highest BCUT2D eigenvalue weighted by Gasteiger charge is 2.29. The van der Waals surface area contributed by atoms with Crippen LogP contribution in [0.5, 0.6) is 0 Å². The molecule has 17 heavy (non-hydrogen) atoms. The molecule has 0 aromatic carbocycles. The van der Waals surface area contributed by atoms with Crippen molar-refractivity contribution in [3.63, 3.8) is 0 Å². The van der Waals surface area contributed by atoms with E-state index in [1.807, 2.05) is 12.3 Å². The van der Waals surface area contributed by atoms with Crippen molar-refractivity contribution < 1.29 is 4.79 Å². The predicted molar refractivity (Wildman–Crippen MR) is 68.9 cm³/mol. The summed E-state index contributed by atoms with van der Waals surface area (Å²) in [6.45, 7) is 2.65. The number of aryl methyl sites for hydroxylation is 1. The number of nitrogens with one attached hydrogen (secondary N) is 1. The zero-order valence-electron chi connectivity index (χ0n) is 10.1. The Morgan fingerprint density at radius 1 is 1.65 bits per heavy atom. The van der Waals surface area contributed by atoms with Gasteiger partial charge in [0.25, 0.3) is 0 Å². The van der Waals surface area contributed by atoms with Gasteiger partial charge in [-0.1, -0.05) is 6.42 Å². The van der Waals surface area contributed by atoms with Gasteiger partial charge in [0, 0.05) is 24.4 Å². The topological polar surface area (TPSA) is 68.0 Å². The van der Waals surface area contributed by atoms with Crippen LogP contribution in [-0.2, 0) is 11.2 Å². The van der Waals surface area contributed by atoms with Gasteiger partial charge in [-0.05, 0) is 19.8 Å². The standard InChI is InChI=1S/C12H19N3OS/c1-8-15-9(7-17-8)5-6-14-12(16)10-3-2-4-11(10)13/h7,10-11H,2-6,13H2,1H3,(H,14,16). The molecule has 1 aliphatic carbocycles. The Bertz CT molecular complexity index is 391. The molecule has 1 saturated carbocycles. The number of aromatic nitrogens is 1. The largest absolute Gasteiger partial charge is 0.355 e. The van der Waals surface area contributed by atoms with E-state index in [0.29, 0.717) is 6.54 Å². The van der Waals surface area contributed by atoms with Crippen LogP contribution in [0.1, 0.15) is 30.0 Å². The molecule has 1 aromatic rings. The van der Waals surface area contributed by atoms with Crippen LogP contribution >= 0.6 is 11.3 Å². The fourth-order valence-corrected chi connectivity index (χ4v) is 2.93. The Hall–Kier alpha value is -0.940. The van der Waals surface area contributed by atoms with E-state index in [1.54, 1.807) is 11.3 Å². The molecule has 0 radical (unpaired) electrons. The molecular weight excluding hydrogens is 234 g/mol. The van der Waals surface area contributed by atoms with Crippen molar-refractivity contribution in [1.29, 1.82) is 0 Å². The van der Waals surface area contributed by atoms with Crippen molar-refractivity contribution in [1.82, 2.24) is 10.3 Å². The minimum atomic E-state index is 0.0205. The molecule has 1 aliphatic rings. The maximum absolute atomic E-state index is 11.8. The molecule has 1 amide bonds. The Morgan fingerprint density at radius 3 is 3.06 bits per heavy atom. The molecule has 1 heterocycles. The second kappa shape index (κ2) is 5.60. The van der Waals surface area contributed by atoms with E-state index >= 15 is 0 Å². The summed E-state index contributed by atoms with van der Waals surface area (Å²) in [7, 11) is 0. The number of carbonyl (C=O) groups is 1. The molecule has 1 aromatic heterocycles. The van der Waals surface area contributed by atoms with Crippen molar-refractivity contribution in [2.45, 2.75) is 38.6 Å². The molecule has 3 N–H and O–H groups in total. The molecule has 94 valence electrons. The molecule has 2 rings (SSSR count). The summed E-state index contributed by atoms with van der Waals surface area (Å²) in [5.74, 6) is 0.133. The van der Waals surface area contributed by atoms with E-state index in [0.717, 1.165) is 36.4 Å². The van der Waals surface area contributed by atoms with Crippen LogP contribution in [0, 0.1) is 12.8 Å². The number of amides is 1. The number of carbonyl (C=O) groups excluding carboxylic acids is 1. The number of hydrogen-bond acceptors (Lipinski definition) is 4. The van der Waals surface area contributed by atoms with Gasteiger partial charge in [-0.25, -0.2) is 4.98 Å². The molecule has 0 bridgehead atoms. The molecule has 2 unspecified atom stereocenters. The van der Waals surface area contributed by atoms with Crippen LogP contribution in [0.25, 0.3) is 0 Å². The summed E-state index contributed by atoms with van der Waals surface area (Å²) in [5.41, 5.74) is 6.95. The van der Waals surface area contributed by atoms with Gasteiger partial charge in [-0.3, -0.25) is 4.79 Å². The average Bonchev–Trinajstić information content (AvgIpc) is 2.87. The van der Waals surface area contributed by atoms with E-state index in [9.17, 15) is 4.79 Å². The number of thiazole rings is 1. The molecule has 2 atom stereocenters. The lowest BCUT2D eigenvalue weighted by Gasteiger charge is -2.14. The number of hydrogen-bond donors (Lipinski definition) is 2. The highest BCUT2D eigenvalue weighted by Crippen LogP contribution is 2.23. The SMILES string of the molecule is Cc1nc(CCNC(=O)C2CCCC2N)cs1. The molecule has 5 heteroatoms. The molecule has 0 aliphatic heterocycles. The van der Waals surface area contributed by atoms with Gasteiger partial charge >= 0.3 is 0 Å². The summed E-state index contributed by atoms with van der Waals surface area (Å²) in [5, 5.41) is 6.08. The number of nitrogens with two attached hydrogens (primary N) is 1. The Kier molecular flexibility index (Phi) is 4.12. The van der Waals surface area contributed by atoms with Crippen molar-refractivity contribution in [3.05, 3.63) is 16.1 Å². The average molecular weight is 253 g/mol. The van der Waals surface area contributed by atoms with Crippen LogP contribution < -0.4 is 11.1 Å². The Labute approximate surface area is 106 Å². The lowest BCUT2D eigenvalue weighted by molar-refractivity contribution is -0.125. The molecular formula is C12H19N3OS. The lowest BCUT2D eigenvalue weighted by Crippen LogP contribution is -2.39. The third-order valence-corrected chi connectivity index (χ3v) is 4.08. The third-order valence-electron chi connectivity index (χ3n) is 3.25. The monoisotopic (exact) mass is 253 g/mol. The van der Waals surface area contributed by atoms with Crippen molar-refractivity contribution >= 4 is 17.2 Å². The molecule has 0 spiro atoms. The van der Waals surface area contributed by atoms with E-state index < -0.39 is 0 Å². The Balaban J connectivity index is 1.73. The van der Waals surface area contributed by atoms with E-state index in [-0.39, 0.29) is 17.9 Å². The van der Waals surface area contributed by atoms with Gasteiger partial charge in [-0.15, -0.1) is 11.3 Å². The first kappa shape index (κ1) is 12.5. The molecule has 4 nitrogen and oxygen atoms in total. The van der Waals surface area contributed by atoms with Crippen molar-refractivity contribution in [2.24, 2.45) is 11.7 Å². The van der Waals surface area contributed by atoms with Crippen LogP contribution in [0.15, 0.2) is 5.38 Å². The van der Waals surface area contributed by atoms with Crippen molar-refractivity contribution in [3.8, 4) is 0 Å². The third kappa shape index (κ3) is 3.26. The van der Waals surface area contributed by atoms with E-state index in [2.05, 4.69) is 10.3 Å². The molecule has 1 fully saturated rings. The predicted octanol–water partition coefficient (Wildman–Crippen LogP) is 1.24. The van der Waals surface area contributed by atoms with Gasteiger partial charge in [-0.2, -0.15) is 0 Å². The van der Waals surface area contributed by atoms with E-state index in [4.69, 9.17) is 5.73 Å². The van der Waals surface area contributed by atoms with Crippen molar-refractivity contribution in [2.75, 3.05) is 6.54 Å². The van der Waals surface area contributed by atoms with Crippen LogP contribution in [0.2, 0.25) is 0 Å². The second-order valence-corrected chi connectivity index (χ2v) is 5.66. The first-order valence-corrected chi connectivity index (χ1v) is 6.99. The fraction of sp³-hybridized carbons (Fsp3) is 0.667. The van der Waals surface area contributed by atoms with Crippen LogP contribution in [0.4, 0.5) is 0 Å². The van der Waals surface area contributed by atoms with Gasteiger partial charge in [0.1, 0.15) is 0 Å².